The summed E-state index contributed by atoms with van der Waals surface area (Å²) in [4.78, 5) is 14.7. The van der Waals surface area contributed by atoms with Gasteiger partial charge in [0, 0.05) is 53.9 Å². The summed E-state index contributed by atoms with van der Waals surface area (Å²) in [6, 6.07) is 4.96. The van der Waals surface area contributed by atoms with Crippen molar-refractivity contribution in [3.05, 3.63) is 58.3 Å². The molecule has 3 aromatic heterocycles. The molecule has 34 heavy (non-hydrogen) atoms. The van der Waals surface area contributed by atoms with E-state index in [1.807, 2.05) is 4.90 Å². The highest BCUT2D eigenvalue weighted by molar-refractivity contribution is 6.35. The monoisotopic (exact) mass is 497 g/mol. The van der Waals surface area contributed by atoms with Crippen LogP contribution >= 0.6 is 23.2 Å². The second-order valence-electron chi connectivity index (χ2n) is 7.93. The van der Waals surface area contributed by atoms with E-state index in [4.69, 9.17) is 27.9 Å². The van der Waals surface area contributed by atoms with E-state index in [9.17, 15) is 9.65 Å². The number of aromatic amines is 1. The molecule has 1 aliphatic rings. The number of hydrogen-bond donors (Lipinski definition) is 1. The summed E-state index contributed by atoms with van der Waals surface area (Å²) in [5.74, 6) is -0.0280. The molecule has 0 saturated carbocycles. The Balaban J connectivity index is 1.46. The zero-order valence-electron chi connectivity index (χ0n) is 18.0. The van der Waals surface area contributed by atoms with E-state index in [1.165, 1.54) is 18.5 Å². The molecule has 1 fully saturated rings. The van der Waals surface area contributed by atoms with Crippen molar-refractivity contribution < 1.29 is 9.13 Å². The standard InChI is InChI=1S/C23H18Cl2FN7O/c1-12(21-16(24)10-28-11-17(21)25)34-20-5-15-19(6-18(20)26)31-32-22(15)13-8-29-23(30-9-13)33-4-2-3-14(33)7-27/h5-6,8-12,14H,2-4H2,1H3,(H,31,32)/t12-,14+/m1/s1. The number of anilines is 1. The number of ether oxygens (including phenoxy) is 1. The smallest absolute Gasteiger partial charge is 0.226 e. The molecule has 0 amide bonds. The van der Waals surface area contributed by atoms with Crippen LogP contribution in [0.2, 0.25) is 10.0 Å². The minimum absolute atomic E-state index is 0.0260. The van der Waals surface area contributed by atoms with Gasteiger partial charge in [-0.15, -0.1) is 0 Å². The lowest BCUT2D eigenvalue weighted by molar-refractivity contribution is 0.217. The second kappa shape index (κ2) is 9.05. The molecule has 0 unspecified atom stereocenters. The van der Waals surface area contributed by atoms with Gasteiger partial charge in [0.1, 0.15) is 17.8 Å². The highest BCUT2D eigenvalue weighted by Crippen LogP contribution is 2.36. The molecule has 1 aliphatic heterocycles. The first-order valence-electron chi connectivity index (χ1n) is 10.6. The molecule has 0 aliphatic carbocycles. The largest absolute Gasteiger partial charge is 0.483 e. The van der Waals surface area contributed by atoms with Crippen LogP contribution in [0.15, 0.2) is 36.9 Å². The highest BCUT2D eigenvalue weighted by atomic mass is 35.5. The lowest BCUT2D eigenvalue weighted by Gasteiger charge is -2.19. The number of fused-ring (bicyclic) bond motifs is 1. The topological polar surface area (TPSA) is 104 Å². The average molecular weight is 498 g/mol. The predicted octanol–water partition coefficient (Wildman–Crippen LogP) is 5.49. The Morgan fingerprint density at radius 3 is 2.65 bits per heavy atom. The molecule has 1 saturated heterocycles. The van der Waals surface area contributed by atoms with E-state index in [2.05, 4.69) is 31.2 Å². The molecule has 172 valence electrons. The van der Waals surface area contributed by atoms with Crippen LogP contribution in [0.4, 0.5) is 10.3 Å². The first-order chi connectivity index (χ1) is 16.5. The summed E-state index contributed by atoms with van der Waals surface area (Å²) in [5.41, 5.74) is 2.22. The van der Waals surface area contributed by atoms with Gasteiger partial charge in [0.05, 0.1) is 21.6 Å². The Hall–Kier alpha value is -3.48. The third-order valence-electron chi connectivity index (χ3n) is 5.79. The van der Waals surface area contributed by atoms with Crippen LogP contribution in [0, 0.1) is 17.1 Å². The van der Waals surface area contributed by atoms with Crippen molar-refractivity contribution in [3.63, 3.8) is 0 Å². The van der Waals surface area contributed by atoms with Crippen LogP contribution in [-0.2, 0) is 0 Å². The predicted molar refractivity (Wildman–Crippen MR) is 126 cm³/mol. The van der Waals surface area contributed by atoms with Crippen LogP contribution in [0.3, 0.4) is 0 Å². The first kappa shape index (κ1) is 22.3. The minimum Gasteiger partial charge on any atom is -0.483 e. The molecule has 4 aromatic rings. The maximum absolute atomic E-state index is 14.8. The Morgan fingerprint density at radius 1 is 1.21 bits per heavy atom. The van der Waals surface area contributed by atoms with Gasteiger partial charge < -0.3 is 9.64 Å². The molecule has 2 atom stereocenters. The first-order valence-corrected chi connectivity index (χ1v) is 11.3. The summed E-state index contributed by atoms with van der Waals surface area (Å²) in [6.45, 7) is 2.47. The third-order valence-corrected chi connectivity index (χ3v) is 6.39. The molecular formula is C23H18Cl2FN7O. The molecule has 0 bridgehead atoms. The molecule has 4 heterocycles. The van der Waals surface area contributed by atoms with Gasteiger partial charge in [-0.2, -0.15) is 10.4 Å². The molecule has 1 N–H and O–H groups in total. The maximum Gasteiger partial charge on any atom is 0.226 e. The van der Waals surface area contributed by atoms with Crippen molar-refractivity contribution in [2.24, 2.45) is 0 Å². The SMILES string of the molecule is C[C@@H](Oc1cc2c(-c3cnc(N4CCC[C@H]4C#N)nc3)n[nH]c2cc1F)c1c(Cl)cncc1Cl. The van der Waals surface area contributed by atoms with Gasteiger partial charge in [-0.05, 0) is 25.8 Å². The van der Waals surface area contributed by atoms with E-state index in [0.717, 1.165) is 19.4 Å². The Morgan fingerprint density at radius 2 is 1.94 bits per heavy atom. The summed E-state index contributed by atoms with van der Waals surface area (Å²) in [7, 11) is 0. The van der Waals surface area contributed by atoms with E-state index in [0.29, 0.717) is 43.7 Å². The number of hydrogen-bond acceptors (Lipinski definition) is 7. The number of benzene rings is 1. The average Bonchev–Trinajstić information content (AvgIpc) is 3.46. The number of nitriles is 1. The summed E-state index contributed by atoms with van der Waals surface area (Å²) >= 11 is 12.4. The van der Waals surface area contributed by atoms with Crippen molar-refractivity contribution in [3.8, 4) is 23.1 Å². The minimum atomic E-state index is -0.624. The number of aromatic nitrogens is 5. The number of nitrogens with one attached hydrogen (secondary N) is 1. The molecule has 8 nitrogen and oxygen atoms in total. The lowest BCUT2D eigenvalue weighted by Crippen LogP contribution is -2.29. The Labute approximate surface area is 204 Å². The summed E-state index contributed by atoms with van der Waals surface area (Å²) in [5, 5.41) is 17.8. The fraction of sp³-hybridized carbons (Fsp3) is 0.261. The van der Waals surface area contributed by atoms with Gasteiger partial charge in [0.25, 0.3) is 0 Å². The number of H-pyrrole nitrogens is 1. The van der Waals surface area contributed by atoms with Crippen molar-refractivity contribution in [2.45, 2.75) is 31.9 Å². The fourth-order valence-corrected chi connectivity index (χ4v) is 4.79. The van der Waals surface area contributed by atoms with Crippen LogP contribution in [0.25, 0.3) is 22.2 Å². The van der Waals surface area contributed by atoms with Crippen molar-refractivity contribution >= 4 is 40.1 Å². The number of pyridine rings is 1. The van der Waals surface area contributed by atoms with Gasteiger partial charge in [-0.1, -0.05) is 23.2 Å². The molecule has 5 rings (SSSR count). The molecule has 11 heteroatoms. The quantitative estimate of drug-likeness (QED) is 0.388. The molecule has 1 aromatic carbocycles. The second-order valence-corrected chi connectivity index (χ2v) is 8.74. The van der Waals surface area contributed by atoms with Crippen molar-refractivity contribution in [1.29, 1.82) is 5.26 Å². The number of nitrogens with zero attached hydrogens (tertiary/aromatic N) is 6. The zero-order valence-corrected chi connectivity index (χ0v) is 19.5. The highest BCUT2D eigenvalue weighted by Gasteiger charge is 2.26. The number of rotatable bonds is 5. The maximum atomic E-state index is 14.8. The van der Waals surface area contributed by atoms with Crippen molar-refractivity contribution in [1.82, 2.24) is 25.1 Å². The normalized spacial score (nSPS) is 16.6. The number of halogens is 3. The Bertz CT molecular complexity index is 1380. The van der Waals surface area contributed by atoms with Crippen LogP contribution in [0.1, 0.15) is 31.4 Å². The summed E-state index contributed by atoms with van der Waals surface area (Å²) < 4.78 is 20.7. The van der Waals surface area contributed by atoms with Crippen LogP contribution in [-0.4, -0.2) is 37.7 Å². The zero-order chi connectivity index (χ0) is 23.8. The van der Waals surface area contributed by atoms with Crippen LogP contribution in [0.5, 0.6) is 5.75 Å². The molecule has 0 radical (unpaired) electrons. The van der Waals surface area contributed by atoms with Crippen molar-refractivity contribution in [2.75, 3.05) is 11.4 Å². The fourth-order valence-electron chi connectivity index (χ4n) is 4.12. The van der Waals surface area contributed by atoms with E-state index in [1.54, 1.807) is 25.4 Å². The van der Waals surface area contributed by atoms with Crippen LogP contribution < -0.4 is 9.64 Å². The molecular weight excluding hydrogens is 480 g/mol. The Kier molecular flexibility index (Phi) is 5.94. The van der Waals surface area contributed by atoms with Gasteiger partial charge in [-0.3, -0.25) is 10.1 Å². The lowest BCUT2D eigenvalue weighted by atomic mass is 10.1. The van der Waals surface area contributed by atoms with E-state index < -0.39 is 11.9 Å². The van der Waals surface area contributed by atoms with Gasteiger partial charge in [0.2, 0.25) is 5.95 Å². The van der Waals surface area contributed by atoms with E-state index in [-0.39, 0.29) is 11.8 Å². The molecule has 0 spiro atoms. The van der Waals surface area contributed by atoms with Gasteiger partial charge in [0.15, 0.2) is 11.6 Å². The third kappa shape index (κ3) is 4.00. The summed E-state index contributed by atoms with van der Waals surface area (Å²) in [6.07, 6.45) is 7.31. The van der Waals surface area contributed by atoms with Gasteiger partial charge in [-0.25, -0.2) is 14.4 Å². The van der Waals surface area contributed by atoms with E-state index >= 15 is 0 Å². The van der Waals surface area contributed by atoms with Gasteiger partial charge >= 0.3 is 0 Å².